The van der Waals surface area contributed by atoms with Gasteiger partial charge < -0.3 is 0 Å². The maximum atomic E-state index is 12.8. The Morgan fingerprint density at radius 1 is 1.37 bits per heavy atom. The van der Waals surface area contributed by atoms with E-state index >= 15 is 0 Å². The summed E-state index contributed by atoms with van der Waals surface area (Å²) in [5.41, 5.74) is -0.961. The fourth-order valence-corrected chi connectivity index (χ4v) is 2.50. The molecule has 0 aromatic carbocycles. The van der Waals surface area contributed by atoms with Gasteiger partial charge in [0.15, 0.2) is 5.69 Å². The van der Waals surface area contributed by atoms with Crippen molar-refractivity contribution in [1.82, 2.24) is 9.38 Å². The molecule has 7 heteroatoms. The molecule has 0 radical (unpaired) electrons. The second kappa shape index (κ2) is 4.06. The van der Waals surface area contributed by atoms with Crippen molar-refractivity contribution < 1.29 is 13.2 Å². The molecular weight excluding hydrogens is 325 g/mol. The fourth-order valence-electron chi connectivity index (χ4n) is 1.99. The Kier molecular flexibility index (Phi) is 2.70. The molecule has 100 valence electrons. The number of rotatable bonds is 1. The number of halogens is 4. The summed E-state index contributed by atoms with van der Waals surface area (Å²) in [7, 11) is 0. The highest BCUT2D eigenvalue weighted by molar-refractivity contribution is 9.10. The third-order valence-electron chi connectivity index (χ3n) is 3.12. The molecule has 3 nitrogen and oxygen atoms in total. The Hall–Kier alpha value is -1.37. The predicted octanol–water partition coefficient (Wildman–Crippen LogP) is 3.35. The molecule has 19 heavy (non-hydrogen) atoms. The SMILES string of the molecule is O=c1c(Br)c(C(F)(F)F)nc2cc(C3CC3)ccn12. The summed E-state index contributed by atoms with van der Waals surface area (Å²) in [6.45, 7) is 0. The summed E-state index contributed by atoms with van der Waals surface area (Å²) >= 11 is 2.68. The van der Waals surface area contributed by atoms with E-state index < -0.39 is 21.9 Å². The van der Waals surface area contributed by atoms with Crippen LogP contribution in [0.3, 0.4) is 0 Å². The van der Waals surface area contributed by atoms with Gasteiger partial charge in [-0.25, -0.2) is 4.98 Å². The summed E-state index contributed by atoms with van der Waals surface area (Å²) in [4.78, 5) is 15.4. The van der Waals surface area contributed by atoms with Crippen LogP contribution in [-0.4, -0.2) is 9.38 Å². The lowest BCUT2D eigenvalue weighted by atomic mass is 10.2. The summed E-state index contributed by atoms with van der Waals surface area (Å²) in [6.07, 6.45) is -1.11. The van der Waals surface area contributed by atoms with Crippen molar-refractivity contribution in [2.75, 3.05) is 0 Å². The zero-order valence-corrected chi connectivity index (χ0v) is 11.1. The smallest absolute Gasteiger partial charge is 0.268 e. The summed E-state index contributed by atoms with van der Waals surface area (Å²) < 4.78 is 38.9. The molecule has 2 heterocycles. The van der Waals surface area contributed by atoms with Crippen LogP contribution in [0.5, 0.6) is 0 Å². The van der Waals surface area contributed by atoms with Crippen LogP contribution < -0.4 is 5.56 Å². The molecule has 0 amide bonds. The molecule has 0 bridgehead atoms. The summed E-state index contributed by atoms with van der Waals surface area (Å²) in [6, 6.07) is 3.31. The Labute approximate surface area is 114 Å². The molecule has 0 saturated heterocycles. The lowest BCUT2D eigenvalue weighted by molar-refractivity contribution is -0.141. The molecule has 0 atom stereocenters. The molecule has 0 spiro atoms. The van der Waals surface area contributed by atoms with Gasteiger partial charge in [0.2, 0.25) is 0 Å². The average Bonchev–Trinajstić information content (AvgIpc) is 3.16. The van der Waals surface area contributed by atoms with Crippen molar-refractivity contribution in [2.24, 2.45) is 0 Å². The van der Waals surface area contributed by atoms with Crippen molar-refractivity contribution in [3.8, 4) is 0 Å². The van der Waals surface area contributed by atoms with Gasteiger partial charge in [-0.1, -0.05) is 0 Å². The van der Waals surface area contributed by atoms with Gasteiger partial charge in [0.1, 0.15) is 10.1 Å². The minimum Gasteiger partial charge on any atom is -0.268 e. The molecular formula is C12H8BrF3N2O. The molecule has 2 aromatic heterocycles. The molecule has 1 aliphatic rings. The molecule has 1 aliphatic carbocycles. The minimum absolute atomic E-state index is 0.0323. The van der Waals surface area contributed by atoms with Crippen LogP contribution in [0.2, 0.25) is 0 Å². The first-order chi connectivity index (χ1) is 8.88. The highest BCUT2D eigenvalue weighted by Gasteiger charge is 2.37. The third-order valence-corrected chi connectivity index (χ3v) is 3.83. The first-order valence-electron chi connectivity index (χ1n) is 5.67. The van der Waals surface area contributed by atoms with Crippen molar-refractivity contribution in [3.05, 3.63) is 44.4 Å². The predicted molar refractivity (Wildman–Crippen MR) is 66.1 cm³/mol. The van der Waals surface area contributed by atoms with Crippen molar-refractivity contribution in [3.63, 3.8) is 0 Å². The van der Waals surface area contributed by atoms with Crippen LogP contribution in [0.25, 0.3) is 5.65 Å². The van der Waals surface area contributed by atoms with E-state index in [0.29, 0.717) is 5.92 Å². The van der Waals surface area contributed by atoms with Crippen molar-refractivity contribution in [2.45, 2.75) is 24.9 Å². The lowest BCUT2D eigenvalue weighted by Crippen LogP contribution is -2.22. The normalized spacial score (nSPS) is 16.0. The van der Waals surface area contributed by atoms with E-state index in [9.17, 15) is 18.0 Å². The molecule has 0 N–H and O–H groups in total. The van der Waals surface area contributed by atoms with Crippen molar-refractivity contribution >= 4 is 21.6 Å². The minimum atomic E-state index is -4.65. The number of hydrogen-bond acceptors (Lipinski definition) is 2. The first kappa shape index (κ1) is 12.7. The number of fused-ring (bicyclic) bond motifs is 1. The zero-order chi connectivity index (χ0) is 13.8. The van der Waals surface area contributed by atoms with Gasteiger partial charge in [-0.2, -0.15) is 13.2 Å². The van der Waals surface area contributed by atoms with E-state index in [1.54, 1.807) is 12.1 Å². The number of hydrogen-bond donors (Lipinski definition) is 0. The molecule has 2 aromatic rings. The highest BCUT2D eigenvalue weighted by Crippen LogP contribution is 2.40. The van der Waals surface area contributed by atoms with E-state index in [1.807, 2.05) is 0 Å². The topological polar surface area (TPSA) is 34.4 Å². The van der Waals surface area contributed by atoms with Gasteiger partial charge in [0.05, 0.1) is 0 Å². The van der Waals surface area contributed by atoms with E-state index in [4.69, 9.17) is 0 Å². The molecule has 0 unspecified atom stereocenters. The molecule has 0 aliphatic heterocycles. The van der Waals surface area contributed by atoms with Crippen LogP contribution in [0, 0.1) is 0 Å². The first-order valence-corrected chi connectivity index (χ1v) is 6.46. The van der Waals surface area contributed by atoms with Gasteiger partial charge in [0, 0.05) is 6.20 Å². The average molecular weight is 333 g/mol. The molecule has 1 fully saturated rings. The van der Waals surface area contributed by atoms with Crippen LogP contribution in [0.1, 0.15) is 30.0 Å². The maximum Gasteiger partial charge on any atom is 0.434 e. The number of nitrogens with zero attached hydrogens (tertiary/aromatic N) is 2. The Morgan fingerprint density at radius 2 is 2.05 bits per heavy atom. The zero-order valence-electron chi connectivity index (χ0n) is 9.54. The second-order valence-electron chi connectivity index (χ2n) is 4.54. The number of pyridine rings is 1. The molecule has 1 saturated carbocycles. The maximum absolute atomic E-state index is 12.8. The third kappa shape index (κ3) is 2.16. The molecule has 3 rings (SSSR count). The monoisotopic (exact) mass is 332 g/mol. The quantitative estimate of drug-likeness (QED) is 0.802. The van der Waals surface area contributed by atoms with Crippen molar-refractivity contribution in [1.29, 1.82) is 0 Å². The second-order valence-corrected chi connectivity index (χ2v) is 5.33. The van der Waals surface area contributed by atoms with Crippen LogP contribution in [-0.2, 0) is 6.18 Å². The van der Waals surface area contributed by atoms with E-state index in [0.717, 1.165) is 22.8 Å². The Balaban J connectivity index is 2.29. The lowest BCUT2D eigenvalue weighted by Gasteiger charge is -2.10. The standard InChI is InChI=1S/C12H8BrF3N2O/c13-9-10(12(14,15)16)17-8-5-7(6-1-2-6)3-4-18(8)11(9)19/h3-6H,1-2H2. The van der Waals surface area contributed by atoms with E-state index in [2.05, 4.69) is 20.9 Å². The fraction of sp³-hybridized carbons (Fsp3) is 0.333. The van der Waals surface area contributed by atoms with Crippen LogP contribution in [0.4, 0.5) is 13.2 Å². The van der Waals surface area contributed by atoms with Gasteiger partial charge in [-0.15, -0.1) is 0 Å². The number of alkyl halides is 3. The van der Waals surface area contributed by atoms with Gasteiger partial charge in [-0.3, -0.25) is 9.20 Å². The van der Waals surface area contributed by atoms with Gasteiger partial charge >= 0.3 is 6.18 Å². The van der Waals surface area contributed by atoms with Gasteiger partial charge in [-0.05, 0) is 52.4 Å². The summed E-state index contributed by atoms with van der Waals surface area (Å²) in [5, 5.41) is 0. The van der Waals surface area contributed by atoms with E-state index in [-0.39, 0.29) is 5.65 Å². The van der Waals surface area contributed by atoms with Crippen LogP contribution >= 0.6 is 15.9 Å². The summed E-state index contributed by atoms with van der Waals surface area (Å²) in [5.74, 6) is 0.389. The largest absolute Gasteiger partial charge is 0.434 e. The van der Waals surface area contributed by atoms with E-state index in [1.165, 1.54) is 6.20 Å². The van der Waals surface area contributed by atoms with Gasteiger partial charge in [0.25, 0.3) is 5.56 Å². The Bertz CT molecular complexity index is 719. The van der Waals surface area contributed by atoms with Crippen LogP contribution in [0.15, 0.2) is 27.6 Å². The Morgan fingerprint density at radius 3 is 2.63 bits per heavy atom. The highest BCUT2D eigenvalue weighted by atomic mass is 79.9. The number of aromatic nitrogens is 2.